The summed E-state index contributed by atoms with van der Waals surface area (Å²) in [7, 11) is 0. The highest BCUT2D eigenvalue weighted by atomic mass is 16.8. The first-order valence-corrected chi connectivity index (χ1v) is 10.7. The Morgan fingerprint density at radius 1 is 0.839 bits per heavy atom. The van der Waals surface area contributed by atoms with Gasteiger partial charge >= 0.3 is 0 Å². The zero-order valence-corrected chi connectivity index (χ0v) is 17.7. The molecule has 3 aromatic carbocycles. The third kappa shape index (κ3) is 3.81. The van der Waals surface area contributed by atoms with Crippen LogP contribution in [0.25, 0.3) is 0 Å². The third-order valence-corrected chi connectivity index (χ3v) is 5.84. The molecule has 0 aromatic heterocycles. The first kappa shape index (κ1) is 18.1. The average molecular weight is 419 g/mol. The van der Waals surface area contributed by atoms with Crippen molar-refractivity contribution in [1.29, 1.82) is 0 Å². The van der Waals surface area contributed by atoms with Crippen molar-refractivity contribution in [2.75, 3.05) is 13.2 Å². The van der Waals surface area contributed by atoms with Crippen molar-refractivity contribution >= 4 is 0 Å². The van der Waals surface area contributed by atoms with Crippen molar-refractivity contribution in [3.63, 3.8) is 0 Å². The van der Waals surface area contributed by atoms with Crippen LogP contribution in [-0.2, 0) is 24.5 Å². The fraction of sp³-hybridized carbons (Fsp3) is 0.333. The molecule has 160 valence electrons. The minimum absolute atomic E-state index is 0.124. The van der Waals surface area contributed by atoms with E-state index in [-0.39, 0.29) is 6.61 Å². The summed E-state index contributed by atoms with van der Waals surface area (Å²) in [6.45, 7) is 1.75. The van der Waals surface area contributed by atoms with Gasteiger partial charge in [-0.1, -0.05) is 91.0 Å². The van der Waals surface area contributed by atoms with E-state index in [0.29, 0.717) is 0 Å². The predicted molar refractivity (Wildman–Crippen MR) is 119 cm³/mol. The molecule has 0 amide bonds. The Kier molecular flexibility index (Phi) is 4.80. The molecule has 0 spiro atoms. The third-order valence-electron chi connectivity index (χ3n) is 5.84. The summed E-state index contributed by atoms with van der Waals surface area (Å²) in [5.41, 5.74) is 2.02. The fourth-order valence-electron chi connectivity index (χ4n) is 4.48. The van der Waals surface area contributed by atoms with Crippen molar-refractivity contribution in [2.45, 2.75) is 43.5 Å². The van der Waals surface area contributed by atoms with Crippen molar-refractivity contribution in [1.82, 2.24) is 0 Å². The van der Waals surface area contributed by atoms with E-state index in [1.54, 1.807) is 13.8 Å². The standard InChI is InChI=1S/C27H28O4/c1-26(2)30-24-18-28-23(25(24)31-26)19-29-27(20-12-6-3-7-13-20,21-14-8-4-9-15-21)22-16-10-5-11-17-22/h3-17,23-25H,18-19H2,1-2H3/t23-,24+,25-/m1/s1/i18D2. The van der Waals surface area contributed by atoms with E-state index in [4.69, 9.17) is 21.7 Å². The van der Waals surface area contributed by atoms with E-state index in [1.807, 2.05) is 54.6 Å². The average Bonchev–Trinajstić information content (AvgIpc) is 3.27. The maximum absolute atomic E-state index is 8.33. The number of benzene rings is 3. The lowest BCUT2D eigenvalue weighted by molar-refractivity contribution is -0.182. The van der Waals surface area contributed by atoms with E-state index in [0.717, 1.165) is 16.7 Å². The van der Waals surface area contributed by atoms with Gasteiger partial charge in [0, 0.05) is 0 Å². The maximum Gasteiger partial charge on any atom is 0.164 e. The first-order chi connectivity index (χ1) is 15.8. The Labute approximate surface area is 186 Å². The SMILES string of the molecule is [2H]C1([2H])O[C@H](COC(c2ccccc2)(c2ccccc2)c2ccccc2)[C@H]2OC(C)(C)O[C@H]21. The minimum Gasteiger partial charge on any atom is -0.370 e. The number of hydrogen-bond acceptors (Lipinski definition) is 4. The molecule has 4 nitrogen and oxygen atoms in total. The van der Waals surface area contributed by atoms with E-state index >= 15 is 0 Å². The summed E-state index contributed by atoms with van der Waals surface area (Å²) in [5.74, 6) is -0.875. The van der Waals surface area contributed by atoms with Crippen LogP contribution in [0.2, 0.25) is 0 Å². The van der Waals surface area contributed by atoms with E-state index in [2.05, 4.69) is 36.4 Å². The number of ether oxygens (including phenoxy) is 4. The number of hydrogen-bond donors (Lipinski definition) is 0. The summed E-state index contributed by atoms with van der Waals surface area (Å²) in [5, 5.41) is 0. The largest absolute Gasteiger partial charge is 0.370 e. The van der Waals surface area contributed by atoms with Gasteiger partial charge in [-0.25, -0.2) is 0 Å². The van der Waals surface area contributed by atoms with Crippen LogP contribution >= 0.6 is 0 Å². The molecule has 31 heavy (non-hydrogen) atoms. The molecule has 5 rings (SSSR count). The van der Waals surface area contributed by atoms with Gasteiger partial charge in [-0.2, -0.15) is 0 Å². The summed E-state index contributed by atoms with van der Waals surface area (Å²) >= 11 is 0. The van der Waals surface area contributed by atoms with Gasteiger partial charge in [0.1, 0.15) is 23.9 Å². The molecule has 3 atom stereocenters. The van der Waals surface area contributed by atoms with Crippen LogP contribution in [0.5, 0.6) is 0 Å². The van der Waals surface area contributed by atoms with Gasteiger partial charge in [0.15, 0.2) is 5.79 Å². The lowest BCUT2D eigenvalue weighted by atomic mass is 9.80. The van der Waals surface area contributed by atoms with Gasteiger partial charge in [-0.15, -0.1) is 0 Å². The van der Waals surface area contributed by atoms with Crippen molar-refractivity contribution in [2.24, 2.45) is 0 Å². The molecular formula is C27H28O4. The van der Waals surface area contributed by atoms with Gasteiger partial charge in [0.25, 0.3) is 0 Å². The minimum atomic E-state index is -1.96. The molecule has 0 radical (unpaired) electrons. The van der Waals surface area contributed by atoms with Crippen LogP contribution < -0.4 is 0 Å². The summed E-state index contributed by atoms with van der Waals surface area (Å²) in [4.78, 5) is 0. The molecule has 0 saturated carbocycles. The maximum atomic E-state index is 8.33. The van der Waals surface area contributed by atoms with Crippen LogP contribution in [0.3, 0.4) is 0 Å². The van der Waals surface area contributed by atoms with Gasteiger partial charge in [-0.3, -0.25) is 0 Å². The molecule has 0 aliphatic carbocycles. The Bertz CT molecular complexity index is 976. The van der Waals surface area contributed by atoms with Gasteiger partial charge in [-0.05, 0) is 30.5 Å². The highest BCUT2D eigenvalue weighted by Gasteiger charge is 2.51. The fourth-order valence-corrected chi connectivity index (χ4v) is 4.48. The van der Waals surface area contributed by atoms with Gasteiger partial charge in [0.05, 0.1) is 15.9 Å². The Hall–Kier alpha value is -2.50. The Morgan fingerprint density at radius 2 is 1.32 bits per heavy atom. The quantitative estimate of drug-likeness (QED) is 0.533. The zero-order chi connectivity index (χ0) is 23.1. The zero-order valence-electron chi connectivity index (χ0n) is 19.7. The predicted octanol–water partition coefficient (Wildman–Crippen LogP) is 4.91. The molecule has 0 N–H and O–H groups in total. The highest BCUT2D eigenvalue weighted by molar-refractivity contribution is 5.47. The molecule has 2 aliphatic heterocycles. The second-order valence-electron chi connectivity index (χ2n) is 8.39. The van der Waals surface area contributed by atoms with Crippen LogP contribution in [0, 0.1) is 0 Å². The van der Waals surface area contributed by atoms with E-state index in [1.165, 1.54) is 0 Å². The van der Waals surface area contributed by atoms with Gasteiger partial charge in [0.2, 0.25) is 0 Å². The normalized spacial score (nSPS) is 27.4. The Balaban J connectivity index is 1.56. The summed E-state index contributed by atoms with van der Waals surface area (Å²) in [6, 6.07) is 30.2. The molecule has 2 fully saturated rings. The summed E-state index contributed by atoms with van der Waals surface area (Å²) in [6.07, 6.45) is -1.99. The number of rotatable bonds is 6. The first-order valence-electron chi connectivity index (χ1n) is 11.7. The molecule has 2 aliphatic rings. The molecule has 4 heteroatoms. The highest BCUT2D eigenvalue weighted by Crippen LogP contribution is 2.42. The molecule has 0 unspecified atom stereocenters. The molecule has 2 heterocycles. The Morgan fingerprint density at radius 3 is 1.81 bits per heavy atom. The van der Waals surface area contributed by atoms with Crippen LogP contribution in [-0.4, -0.2) is 37.3 Å². The molecule has 3 aromatic rings. The second-order valence-corrected chi connectivity index (χ2v) is 8.39. The lowest BCUT2D eigenvalue weighted by Crippen LogP contribution is -2.39. The smallest absolute Gasteiger partial charge is 0.164 e. The second kappa shape index (κ2) is 8.21. The van der Waals surface area contributed by atoms with Crippen LogP contribution in [0.1, 0.15) is 33.3 Å². The lowest BCUT2D eigenvalue weighted by Gasteiger charge is -2.37. The topological polar surface area (TPSA) is 36.9 Å². The van der Waals surface area contributed by atoms with Crippen molar-refractivity contribution < 1.29 is 21.7 Å². The number of fused-ring (bicyclic) bond motifs is 1. The molecular weight excluding hydrogens is 388 g/mol. The summed E-state index contributed by atoms with van der Waals surface area (Å²) < 4.78 is 41.1. The van der Waals surface area contributed by atoms with Gasteiger partial charge < -0.3 is 18.9 Å². The molecule has 2 saturated heterocycles. The van der Waals surface area contributed by atoms with E-state index in [9.17, 15) is 0 Å². The van der Waals surface area contributed by atoms with Crippen LogP contribution in [0.4, 0.5) is 0 Å². The van der Waals surface area contributed by atoms with Crippen molar-refractivity contribution in [3.8, 4) is 0 Å². The van der Waals surface area contributed by atoms with Crippen LogP contribution in [0.15, 0.2) is 91.0 Å². The van der Waals surface area contributed by atoms with Crippen molar-refractivity contribution in [3.05, 3.63) is 108 Å². The van der Waals surface area contributed by atoms with E-state index < -0.39 is 36.3 Å². The monoisotopic (exact) mass is 418 g/mol. The molecule has 0 bridgehead atoms.